The van der Waals surface area contributed by atoms with Gasteiger partial charge in [-0.1, -0.05) is 24.8 Å². The number of para-hydroxylation sites is 1. The van der Waals surface area contributed by atoms with Crippen LogP contribution in [0.2, 0.25) is 0 Å². The summed E-state index contributed by atoms with van der Waals surface area (Å²) in [4.78, 5) is 3.47. The maximum Gasteiger partial charge on any atom is 0.187 e. The molecule has 3 heteroatoms. The maximum absolute atomic E-state index is 3.78. The molecule has 0 atom stereocenters. The fraction of sp³-hybridized carbons (Fsp3) is 0.214. The first kappa shape index (κ1) is 12.1. The predicted octanol–water partition coefficient (Wildman–Crippen LogP) is -0.655. The Morgan fingerprint density at radius 3 is 3.00 bits per heavy atom. The van der Waals surface area contributed by atoms with Gasteiger partial charge in [0, 0.05) is 17.3 Å². The quantitative estimate of drug-likeness (QED) is 0.560. The number of nitrogens with one attached hydrogen (secondary N) is 1. The number of rotatable bonds is 2. The van der Waals surface area contributed by atoms with Gasteiger partial charge >= 0.3 is 0 Å². The second-order valence-electron chi connectivity index (χ2n) is 4.23. The van der Waals surface area contributed by atoms with Crippen molar-refractivity contribution in [3.05, 3.63) is 48.2 Å². The Balaban J connectivity index is 0.00000108. The van der Waals surface area contributed by atoms with Crippen molar-refractivity contribution in [1.82, 2.24) is 4.98 Å². The van der Waals surface area contributed by atoms with Gasteiger partial charge in [-0.25, -0.2) is 4.58 Å². The van der Waals surface area contributed by atoms with E-state index in [4.69, 9.17) is 0 Å². The highest BCUT2D eigenvalue weighted by Crippen LogP contribution is 2.23. The summed E-state index contributed by atoms with van der Waals surface area (Å²) in [5, 5.41) is 1.37. The van der Waals surface area contributed by atoms with E-state index in [0.29, 0.717) is 0 Å². The third-order valence-electron chi connectivity index (χ3n) is 3.17. The minimum atomic E-state index is 0. The van der Waals surface area contributed by atoms with Crippen LogP contribution in [-0.2, 0) is 6.42 Å². The number of hydrogen-bond donors (Lipinski definition) is 1. The van der Waals surface area contributed by atoms with E-state index in [1.807, 2.05) is 6.08 Å². The average Bonchev–Trinajstić information content (AvgIpc) is 2.67. The van der Waals surface area contributed by atoms with Crippen LogP contribution in [0.25, 0.3) is 10.9 Å². The standard InChI is InChI=1S/C14H14N2.BrH/c1-2-8-16-9-7-12-11-5-3-4-6-13(11)15-14(12)10-16;/h2-6,10H,1,7-9H2;1H. The van der Waals surface area contributed by atoms with E-state index in [2.05, 4.69) is 46.6 Å². The van der Waals surface area contributed by atoms with Gasteiger partial charge in [0.05, 0.1) is 0 Å². The molecule has 2 nitrogen and oxygen atoms in total. The van der Waals surface area contributed by atoms with Gasteiger partial charge < -0.3 is 22.0 Å². The van der Waals surface area contributed by atoms with Crippen LogP contribution in [0, 0.1) is 0 Å². The summed E-state index contributed by atoms with van der Waals surface area (Å²) >= 11 is 0. The lowest BCUT2D eigenvalue weighted by atomic mass is 10.1. The van der Waals surface area contributed by atoms with Crippen molar-refractivity contribution in [3.8, 4) is 0 Å². The summed E-state index contributed by atoms with van der Waals surface area (Å²) in [6, 6.07) is 8.51. The molecule has 1 aliphatic rings. The number of H-pyrrole nitrogens is 1. The SMILES string of the molecule is C=CC[N+]1=Cc2[nH]c3ccccc3c2CC1.[Br-]. The Hall–Kier alpha value is -1.35. The monoisotopic (exact) mass is 290 g/mol. The number of halogens is 1. The van der Waals surface area contributed by atoms with Gasteiger partial charge in [-0.05, 0) is 17.7 Å². The van der Waals surface area contributed by atoms with Crippen LogP contribution in [0.4, 0.5) is 0 Å². The van der Waals surface area contributed by atoms with Crippen LogP contribution in [0.5, 0.6) is 0 Å². The summed E-state index contributed by atoms with van der Waals surface area (Å²) < 4.78 is 2.30. The van der Waals surface area contributed by atoms with E-state index < -0.39 is 0 Å². The van der Waals surface area contributed by atoms with Crippen molar-refractivity contribution in [2.75, 3.05) is 13.1 Å². The van der Waals surface area contributed by atoms with Gasteiger partial charge in [-0.2, -0.15) is 0 Å². The second-order valence-corrected chi connectivity index (χ2v) is 4.23. The van der Waals surface area contributed by atoms with Crippen molar-refractivity contribution in [2.24, 2.45) is 0 Å². The van der Waals surface area contributed by atoms with Gasteiger partial charge in [0.15, 0.2) is 12.8 Å². The number of benzene rings is 1. The highest BCUT2D eigenvalue weighted by Gasteiger charge is 2.18. The van der Waals surface area contributed by atoms with Crippen LogP contribution >= 0.6 is 0 Å². The van der Waals surface area contributed by atoms with Gasteiger partial charge in [0.2, 0.25) is 0 Å². The van der Waals surface area contributed by atoms with Crippen LogP contribution < -0.4 is 17.0 Å². The largest absolute Gasteiger partial charge is 1.00 e. The highest BCUT2D eigenvalue weighted by molar-refractivity contribution is 5.92. The molecule has 0 fully saturated rings. The minimum absolute atomic E-state index is 0. The third kappa shape index (κ3) is 2.07. The molecule has 3 rings (SSSR count). The molecule has 0 bridgehead atoms. The molecule has 88 valence electrons. The Bertz CT molecular complexity index is 581. The van der Waals surface area contributed by atoms with Gasteiger partial charge in [0.1, 0.15) is 12.2 Å². The van der Waals surface area contributed by atoms with Crippen LogP contribution in [0.1, 0.15) is 11.3 Å². The lowest BCUT2D eigenvalue weighted by Crippen LogP contribution is -3.00. The summed E-state index contributed by atoms with van der Waals surface area (Å²) in [6.45, 7) is 5.79. The fourth-order valence-corrected chi connectivity index (χ4v) is 2.41. The van der Waals surface area contributed by atoms with Crippen LogP contribution in [-0.4, -0.2) is 28.9 Å². The molecule has 2 heterocycles. The first-order chi connectivity index (χ1) is 7.88. The fourth-order valence-electron chi connectivity index (χ4n) is 2.41. The first-order valence-electron chi connectivity index (χ1n) is 5.68. The number of fused-ring (bicyclic) bond motifs is 3. The molecule has 1 N–H and O–H groups in total. The van der Waals surface area contributed by atoms with E-state index in [1.54, 1.807) is 0 Å². The zero-order valence-electron chi connectivity index (χ0n) is 9.62. The molecule has 1 aromatic heterocycles. The lowest BCUT2D eigenvalue weighted by molar-refractivity contribution is -0.513. The molecular weight excluding hydrogens is 276 g/mol. The maximum atomic E-state index is 3.78. The van der Waals surface area contributed by atoms with Crippen molar-refractivity contribution >= 4 is 17.1 Å². The molecule has 17 heavy (non-hydrogen) atoms. The molecule has 2 aromatic rings. The Kier molecular flexibility index (Phi) is 3.48. The second kappa shape index (κ2) is 4.88. The van der Waals surface area contributed by atoms with Gasteiger partial charge in [-0.15, -0.1) is 0 Å². The van der Waals surface area contributed by atoms with E-state index in [9.17, 15) is 0 Å². The van der Waals surface area contributed by atoms with Crippen molar-refractivity contribution < 1.29 is 21.6 Å². The van der Waals surface area contributed by atoms with Gasteiger partial charge in [-0.3, -0.25) is 0 Å². The zero-order valence-corrected chi connectivity index (χ0v) is 11.2. The smallest absolute Gasteiger partial charge is 0.187 e. The number of aromatic amines is 1. The Labute approximate surface area is 111 Å². The van der Waals surface area contributed by atoms with Crippen molar-refractivity contribution in [1.29, 1.82) is 0 Å². The molecule has 0 saturated carbocycles. The zero-order chi connectivity index (χ0) is 11.0. The molecule has 1 aromatic carbocycles. The molecular formula is C14H15BrN2. The third-order valence-corrected chi connectivity index (χ3v) is 3.17. The molecule has 0 saturated heterocycles. The Morgan fingerprint density at radius 1 is 1.35 bits per heavy atom. The molecule has 0 radical (unpaired) electrons. The summed E-state index contributed by atoms with van der Waals surface area (Å²) in [6.07, 6.45) is 5.27. The van der Waals surface area contributed by atoms with Crippen LogP contribution in [0.3, 0.4) is 0 Å². The van der Waals surface area contributed by atoms with Crippen molar-refractivity contribution in [3.63, 3.8) is 0 Å². The highest BCUT2D eigenvalue weighted by atomic mass is 79.9. The van der Waals surface area contributed by atoms with Crippen molar-refractivity contribution in [2.45, 2.75) is 6.42 Å². The summed E-state index contributed by atoms with van der Waals surface area (Å²) in [5.41, 5.74) is 3.95. The molecule has 0 spiro atoms. The molecule has 0 amide bonds. The molecule has 1 aliphatic heterocycles. The Morgan fingerprint density at radius 2 is 2.18 bits per heavy atom. The van der Waals surface area contributed by atoms with Crippen LogP contribution in [0.15, 0.2) is 36.9 Å². The topological polar surface area (TPSA) is 18.8 Å². The average molecular weight is 291 g/mol. The molecule has 0 aliphatic carbocycles. The minimum Gasteiger partial charge on any atom is -1.00 e. The van der Waals surface area contributed by atoms with E-state index >= 15 is 0 Å². The number of nitrogens with zero attached hydrogens (tertiary/aromatic N) is 1. The first-order valence-corrected chi connectivity index (χ1v) is 5.68. The van der Waals surface area contributed by atoms with Gasteiger partial charge in [0.25, 0.3) is 0 Å². The summed E-state index contributed by atoms with van der Waals surface area (Å²) in [5.74, 6) is 0. The normalized spacial score (nSPS) is 13.8. The lowest BCUT2D eigenvalue weighted by Gasteiger charge is -2.07. The number of aromatic nitrogens is 1. The number of hydrogen-bond acceptors (Lipinski definition) is 0. The summed E-state index contributed by atoms with van der Waals surface area (Å²) in [7, 11) is 0. The van der Waals surface area contributed by atoms with E-state index in [0.717, 1.165) is 19.5 Å². The van der Waals surface area contributed by atoms with E-state index in [1.165, 1.54) is 22.2 Å². The van der Waals surface area contributed by atoms with E-state index in [-0.39, 0.29) is 17.0 Å². The molecule has 0 unspecified atom stereocenters. The predicted molar refractivity (Wildman–Crippen MR) is 67.4 cm³/mol.